The lowest BCUT2D eigenvalue weighted by Gasteiger charge is -2.16. The van der Waals surface area contributed by atoms with E-state index in [-0.39, 0.29) is 6.54 Å². The maximum absolute atomic E-state index is 12.6. The Bertz CT molecular complexity index is 866. The fourth-order valence-electron chi connectivity index (χ4n) is 3.52. The topological polar surface area (TPSA) is 64.0 Å². The molecule has 2 aliphatic carbocycles. The van der Waals surface area contributed by atoms with Crippen molar-refractivity contribution >= 4 is 10.0 Å². The lowest BCUT2D eigenvalue weighted by atomic mass is 9.92. The Hall–Kier alpha value is -1.66. The van der Waals surface area contributed by atoms with Crippen molar-refractivity contribution in [2.45, 2.75) is 55.9 Å². The highest BCUT2D eigenvalue weighted by Crippen LogP contribution is 2.39. The largest absolute Gasteiger partial charge is 0.272 e. The number of aryl methyl sites for hydroxylation is 3. The van der Waals surface area contributed by atoms with Crippen LogP contribution in [-0.4, -0.2) is 18.2 Å². The van der Waals surface area contributed by atoms with Gasteiger partial charge in [0.25, 0.3) is 0 Å². The number of sulfonamides is 1. The molecule has 4 rings (SSSR count). The van der Waals surface area contributed by atoms with Crippen molar-refractivity contribution in [3.63, 3.8) is 0 Å². The van der Waals surface area contributed by atoms with E-state index in [1.165, 1.54) is 36.1 Å². The predicted molar refractivity (Wildman–Crippen MR) is 92.3 cm³/mol. The van der Waals surface area contributed by atoms with Crippen molar-refractivity contribution in [1.82, 2.24) is 14.5 Å². The summed E-state index contributed by atoms with van der Waals surface area (Å²) in [7, 11) is -1.57. The molecule has 0 amide bonds. The van der Waals surface area contributed by atoms with Crippen molar-refractivity contribution in [1.29, 1.82) is 0 Å². The van der Waals surface area contributed by atoms with Gasteiger partial charge in [-0.05, 0) is 67.9 Å². The van der Waals surface area contributed by atoms with E-state index in [2.05, 4.69) is 9.82 Å². The molecule has 0 bridgehead atoms. The van der Waals surface area contributed by atoms with Crippen molar-refractivity contribution in [3.8, 4) is 0 Å². The van der Waals surface area contributed by atoms with Crippen LogP contribution in [0, 0.1) is 0 Å². The van der Waals surface area contributed by atoms with Gasteiger partial charge in [-0.2, -0.15) is 5.10 Å². The van der Waals surface area contributed by atoms with E-state index in [0.717, 1.165) is 25.0 Å². The molecule has 0 radical (unpaired) electrons. The second-order valence-electron chi connectivity index (χ2n) is 6.92. The molecule has 2 aliphatic rings. The van der Waals surface area contributed by atoms with E-state index in [4.69, 9.17) is 0 Å². The van der Waals surface area contributed by atoms with Crippen LogP contribution in [0.1, 0.15) is 54.1 Å². The van der Waals surface area contributed by atoms with Crippen LogP contribution >= 0.6 is 0 Å². The van der Waals surface area contributed by atoms with E-state index in [0.29, 0.717) is 10.8 Å². The minimum Gasteiger partial charge on any atom is -0.272 e. The number of nitrogens with zero attached hydrogens (tertiary/aromatic N) is 2. The van der Waals surface area contributed by atoms with Gasteiger partial charge >= 0.3 is 0 Å². The van der Waals surface area contributed by atoms with Gasteiger partial charge in [-0.1, -0.05) is 6.07 Å². The van der Waals surface area contributed by atoms with Gasteiger partial charge in [0.15, 0.2) is 0 Å². The minimum absolute atomic E-state index is 0.236. The lowest BCUT2D eigenvalue weighted by molar-refractivity contribution is 0.578. The number of hydrogen-bond donors (Lipinski definition) is 1. The van der Waals surface area contributed by atoms with Gasteiger partial charge in [0.05, 0.1) is 17.1 Å². The molecule has 1 aromatic heterocycles. The number of benzene rings is 1. The highest BCUT2D eigenvalue weighted by molar-refractivity contribution is 7.89. The van der Waals surface area contributed by atoms with Crippen LogP contribution in [0.15, 0.2) is 29.2 Å². The van der Waals surface area contributed by atoms with Gasteiger partial charge in [0.1, 0.15) is 0 Å². The quantitative estimate of drug-likeness (QED) is 0.906. The summed E-state index contributed by atoms with van der Waals surface area (Å²) in [6.07, 6.45) is 6.78. The average molecular weight is 345 g/mol. The minimum atomic E-state index is -3.50. The Morgan fingerprint density at radius 3 is 2.67 bits per heavy atom. The molecule has 0 spiro atoms. The highest BCUT2D eigenvalue weighted by atomic mass is 32.2. The second kappa shape index (κ2) is 6.01. The van der Waals surface area contributed by atoms with Crippen LogP contribution in [0.5, 0.6) is 0 Å². The molecule has 24 heavy (non-hydrogen) atoms. The van der Waals surface area contributed by atoms with Crippen LogP contribution in [0.2, 0.25) is 0 Å². The Morgan fingerprint density at radius 1 is 1.17 bits per heavy atom. The average Bonchev–Trinajstić information content (AvgIpc) is 3.35. The fraction of sp³-hybridized carbons (Fsp3) is 0.500. The molecule has 1 aromatic carbocycles. The molecule has 0 saturated heterocycles. The summed E-state index contributed by atoms with van der Waals surface area (Å²) in [5.41, 5.74) is 4.45. The van der Waals surface area contributed by atoms with E-state index in [1.807, 2.05) is 29.9 Å². The monoisotopic (exact) mass is 345 g/mol. The van der Waals surface area contributed by atoms with Crippen LogP contribution < -0.4 is 4.72 Å². The maximum Gasteiger partial charge on any atom is 0.240 e. The first-order valence-electron chi connectivity index (χ1n) is 8.67. The van der Waals surface area contributed by atoms with E-state index in [1.54, 1.807) is 6.07 Å². The van der Waals surface area contributed by atoms with E-state index in [9.17, 15) is 8.42 Å². The van der Waals surface area contributed by atoms with Gasteiger partial charge in [0, 0.05) is 18.7 Å². The van der Waals surface area contributed by atoms with E-state index < -0.39 is 10.0 Å². The summed E-state index contributed by atoms with van der Waals surface area (Å²) in [4.78, 5) is 0.362. The maximum atomic E-state index is 12.6. The molecule has 5 nitrogen and oxygen atoms in total. The van der Waals surface area contributed by atoms with E-state index >= 15 is 0 Å². The summed E-state index contributed by atoms with van der Waals surface area (Å²) >= 11 is 0. The molecule has 0 aliphatic heterocycles. The predicted octanol–water partition coefficient (Wildman–Crippen LogP) is 2.65. The van der Waals surface area contributed by atoms with Crippen molar-refractivity contribution < 1.29 is 8.42 Å². The molecule has 128 valence electrons. The summed E-state index contributed by atoms with van der Waals surface area (Å²) in [5, 5.41) is 4.43. The third-order valence-electron chi connectivity index (χ3n) is 5.04. The number of nitrogens with one attached hydrogen (secondary N) is 1. The molecule has 0 atom stereocenters. The van der Waals surface area contributed by atoms with Crippen molar-refractivity contribution in [2.75, 3.05) is 0 Å². The fourth-order valence-corrected chi connectivity index (χ4v) is 4.57. The van der Waals surface area contributed by atoms with Crippen molar-refractivity contribution in [3.05, 3.63) is 46.8 Å². The van der Waals surface area contributed by atoms with Crippen LogP contribution in [0.25, 0.3) is 0 Å². The Kier molecular flexibility index (Phi) is 3.96. The number of rotatable bonds is 5. The highest BCUT2D eigenvalue weighted by Gasteiger charge is 2.27. The Morgan fingerprint density at radius 2 is 1.92 bits per heavy atom. The summed E-state index contributed by atoms with van der Waals surface area (Å²) in [6, 6.07) is 7.55. The molecular formula is C18H23N3O2S. The molecular weight excluding hydrogens is 322 g/mol. The normalized spacial score (nSPS) is 17.7. The first-order valence-corrected chi connectivity index (χ1v) is 10.2. The summed E-state index contributed by atoms with van der Waals surface area (Å²) < 4.78 is 29.7. The first-order chi connectivity index (χ1) is 11.5. The lowest BCUT2D eigenvalue weighted by Crippen LogP contribution is -2.24. The molecule has 1 heterocycles. The molecule has 1 N–H and O–H groups in total. The van der Waals surface area contributed by atoms with Crippen LogP contribution in [-0.2, 0) is 36.5 Å². The van der Waals surface area contributed by atoms with Gasteiger partial charge < -0.3 is 0 Å². The number of hydrogen-bond acceptors (Lipinski definition) is 3. The molecule has 0 unspecified atom stereocenters. The standard InChI is InChI=1S/C18H23N3O2S/c1-21-18(14-6-7-14)11-16(20-21)12-19-24(22,23)17-9-8-13-4-2-3-5-15(13)10-17/h8-11,14,19H,2-7,12H2,1H3. The molecule has 1 fully saturated rings. The van der Waals surface area contributed by atoms with Gasteiger partial charge in [0.2, 0.25) is 10.0 Å². The number of aromatic nitrogens is 2. The third kappa shape index (κ3) is 3.13. The molecule has 1 saturated carbocycles. The zero-order chi connectivity index (χ0) is 16.7. The van der Waals surface area contributed by atoms with Gasteiger partial charge in [-0.25, -0.2) is 13.1 Å². The smallest absolute Gasteiger partial charge is 0.240 e. The van der Waals surface area contributed by atoms with Gasteiger partial charge in [-0.15, -0.1) is 0 Å². The van der Waals surface area contributed by atoms with Crippen molar-refractivity contribution in [2.24, 2.45) is 7.05 Å². The second-order valence-corrected chi connectivity index (χ2v) is 8.69. The SMILES string of the molecule is Cn1nc(CNS(=O)(=O)c2ccc3c(c2)CCCC3)cc1C1CC1. The zero-order valence-electron chi connectivity index (χ0n) is 14.0. The third-order valence-corrected chi connectivity index (χ3v) is 6.43. The summed E-state index contributed by atoms with van der Waals surface area (Å²) in [5.74, 6) is 0.605. The first kappa shape index (κ1) is 15.8. The molecule has 6 heteroatoms. The molecule has 2 aromatic rings. The van der Waals surface area contributed by atoms with Crippen LogP contribution in [0.3, 0.4) is 0 Å². The Balaban J connectivity index is 1.50. The van der Waals surface area contributed by atoms with Crippen LogP contribution in [0.4, 0.5) is 0 Å². The number of fused-ring (bicyclic) bond motifs is 1. The van der Waals surface area contributed by atoms with Gasteiger partial charge in [-0.3, -0.25) is 4.68 Å². The Labute approximate surface area is 143 Å². The zero-order valence-corrected chi connectivity index (χ0v) is 14.8. The summed E-state index contributed by atoms with van der Waals surface area (Å²) in [6.45, 7) is 0.236.